The number of anilines is 1. The monoisotopic (exact) mass is 280 g/mol. The predicted molar refractivity (Wildman–Crippen MR) is 82.0 cm³/mol. The van der Waals surface area contributed by atoms with Crippen molar-refractivity contribution < 1.29 is 4.52 Å². The lowest BCUT2D eigenvalue weighted by atomic mass is 10.1. The van der Waals surface area contributed by atoms with E-state index < -0.39 is 0 Å². The minimum atomic E-state index is 0.495. The molecule has 0 unspecified atom stereocenters. The highest BCUT2D eigenvalue weighted by molar-refractivity contribution is 5.61. The van der Waals surface area contributed by atoms with Crippen LogP contribution < -0.4 is 5.32 Å². The van der Waals surface area contributed by atoms with Crippen molar-refractivity contribution in [2.75, 3.05) is 12.4 Å². The molecule has 3 aromatic rings. The maximum absolute atomic E-state index is 5.34. The van der Waals surface area contributed by atoms with E-state index in [0.717, 1.165) is 28.1 Å². The number of rotatable bonds is 3. The standard InChI is InChI=1S/C16H16N4O/c1-10-8-11(2)14(18-9-10)15-19-16(21-20-15)12-4-6-13(17-3)7-5-12/h4-9,17H,1-3H3. The largest absolute Gasteiger partial charge is 0.388 e. The molecular formula is C16H16N4O. The molecule has 21 heavy (non-hydrogen) atoms. The van der Waals surface area contributed by atoms with Gasteiger partial charge in [0, 0.05) is 24.5 Å². The highest BCUT2D eigenvalue weighted by Crippen LogP contribution is 2.24. The second-order valence-corrected chi connectivity index (χ2v) is 4.93. The lowest BCUT2D eigenvalue weighted by Gasteiger charge is -2.00. The molecule has 0 aliphatic rings. The minimum absolute atomic E-state index is 0.495. The number of hydrogen-bond acceptors (Lipinski definition) is 5. The number of aromatic nitrogens is 3. The Hall–Kier alpha value is -2.69. The lowest BCUT2D eigenvalue weighted by Crippen LogP contribution is -1.91. The van der Waals surface area contributed by atoms with Crippen LogP contribution in [0.3, 0.4) is 0 Å². The molecule has 3 rings (SSSR count). The summed E-state index contributed by atoms with van der Waals surface area (Å²) in [4.78, 5) is 8.82. The van der Waals surface area contributed by atoms with Crippen molar-refractivity contribution in [3.8, 4) is 23.0 Å². The highest BCUT2D eigenvalue weighted by Gasteiger charge is 2.13. The minimum Gasteiger partial charge on any atom is -0.388 e. The van der Waals surface area contributed by atoms with Gasteiger partial charge in [-0.05, 0) is 49.2 Å². The Labute approximate surface area is 123 Å². The molecule has 0 atom stereocenters. The average Bonchev–Trinajstić information content (AvgIpc) is 2.97. The third-order valence-corrected chi connectivity index (χ3v) is 3.27. The summed E-state index contributed by atoms with van der Waals surface area (Å²) in [6.45, 7) is 4.00. The molecule has 0 aliphatic heterocycles. The molecule has 106 valence electrons. The maximum Gasteiger partial charge on any atom is 0.258 e. The fourth-order valence-electron chi connectivity index (χ4n) is 2.17. The van der Waals surface area contributed by atoms with Crippen LogP contribution in [0.2, 0.25) is 0 Å². The molecule has 0 fully saturated rings. The zero-order valence-electron chi connectivity index (χ0n) is 12.2. The summed E-state index contributed by atoms with van der Waals surface area (Å²) in [6.07, 6.45) is 1.81. The van der Waals surface area contributed by atoms with Gasteiger partial charge in [0.05, 0.1) is 0 Å². The number of nitrogens with one attached hydrogen (secondary N) is 1. The SMILES string of the molecule is CNc1ccc(-c2nc(-c3ncc(C)cc3C)no2)cc1. The van der Waals surface area contributed by atoms with Gasteiger partial charge in [-0.15, -0.1) is 0 Å². The summed E-state index contributed by atoms with van der Waals surface area (Å²) in [5.41, 5.74) is 4.82. The van der Waals surface area contributed by atoms with Crippen LogP contribution in [0.1, 0.15) is 11.1 Å². The molecule has 5 nitrogen and oxygen atoms in total. The van der Waals surface area contributed by atoms with Gasteiger partial charge in [-0.25, -0.2) is 0 Å². The van der Waals surface area contributed by atoms with Crippen LogP contribution in [-0.4, -0.2) is 22.2 Å². The van der Waals surface area contributed by atoms with E-state index in [1.165, 1.54) is 0 Å². The molecule has 0 aliphatic carbocycles. The first-order valence-corrected chi connectivity index (χ1v) is 6.73. The van der Waals surface area contributed by atoms with E-state index in [1.807, 2.05) is 45.2 Å². The van der Waals surface area contributed by atoms with Gasteiger partial charge in [-0.3, -0.25) is 4.98 Å². The van der Waals surface area contributed by atoms with Crippen LogP contribution in [0.25, 0.3) is 23.0 Å². The number of pyridine rings is 1. The molecule has 1 N–H and O–H groups in total. The van der Waals surface area contributed by atoms with Gasteiger partial charge < -0.3 is 9.84 Å². The average molecular weight is 280 g/mol. The van der Waals surface area contributed by atoms with Gasteiger partial charge in [-0.1, -0.05) is 11.2 Å². The molecule has 0 saturated carbocycles. The summed E-state index contributed by atoms with van der Waals surface area (Å²) < 4.78 is 5.34. The van der Waals surface area contributed by atoms with Crippen molar-refractivity contribution in [2.24, 2.45) is 0 Å². The molecule has 5 heteroatoms. The fourth-order valence-corrected chi connectivity index (χ4v) is 2.17. The summed E-state index contributed by atoms with van der Waals surface area (Å²) in [5, 5.41) is 7.10. The Kier molecular flexibility index (Phi) is 3.39. The zero-order chi connectivity index (χ0) is 14.8. The third-order valence-electron chi connectivity index (χ3n) is 3.27. The van der Waals surface area contributed by atoms with Gasteiger partial charge in [-0.2, -0.15) is 4.98 Å². The Morgan fingerprint density at radius 1 is 1.10 bits per heavy atom. The number of benzene rings is 1. The zero-order valence-corrected chi connectivity index (χ0v) is 12.2. The number of aryl methyl sites for hydroxylation is 2. The normalized spacial score (nSPS) is 10.6. The molecule has 0 saturated heterocycles. The van der Waals surface area contributed by atoms with Crippen molar-refractivity contribution in [2.45, 2.75) is 13.8 Å². The van der Waals surface area contributed by atoms with Crippen molar-refractivity contribution in [1.29, 1.82) is 0 Å². The second-order valence-electron chi connectivity index (χ2n) is 4.93. The van der Waals surface area contributed by atoms with E-state index in [4.69, 9.17) is 4.52 Å². The summed E-state index contributed by atoms with van der Waals surface area (Å²) in [7, 11) is 1.88. The first-order valence-electron chi connectivity index (χ1n) is 6.73. The lowest BCUT2D eigenvalue weighted by molar-refractivity contribution is 0.432. The van der Waals surface area contributed by atoms with Crippen LogP contribution in [0, 0.1) is 13.8 Å². The van der Waals surface area contributed by atoms with Gasteiger partial charge in [0.1, 0.15) is 5.69 Å². The number of hydrogen-bond donors (Lipinski definition) is 1. The van der Waals surface area contributed by atoms with Crippen LogP contribution >= 0.6 is 0 Å². The van der Waals surface area contributed by atoms with Crippen molar-refractivity contribution in [1.82, 2.24) is 15.1 Å². The topological polar surface area (TPSA) is 63.8 Å². The molecule has 2 aromatic heterocycles. The summed E-state index contributed by atoms with van der Waals surface area (Å²) in [5.74, 6) is 1.01. The molecule has 0 amide bonds. The Morgan fingerprint density at radius 3 is 2.52 bits per heavy atom. The van der Waals surface area contributed by atoms with Gasteiger partial charge >= 0.3 is 0 Å². The molecule has 1 aromatic carbocycles. The first-order chi connectivity index (χ1) is 10.2. The van der Waals surface area contributed by atoms with E-state index in [1.54, 1.807) is 6.20 Å². The maximum atomic E-state index is 5.34. The quantitative estimate of drug-likeness (QED) is 0.796. The van der Waals surface area contributed by atoms with Crippen molar-refractivity contribution in [3.63, 3.8) is 0 Å². The molecule has 0 bridgehead atoms. The number of nitrogens with zero attached hydrogens (tertiary/aromatic N) is 3. The Morgan fingerprint density at radius 2 is 1.86 bits per heavy atom. The van der Waals surface area contributed by atoms with Gasteiger partial charge in [0.2, 0.25) is 5.82 Å². The van der Waals surface area contributed by atoms with E-state index in [2.05, 4.69) is 26.5 Å². The van der Waals surface area contributed by atoms with E-state index in [0.29, 0.717) is 11.7 Å². The van der Waals surface area contributed by atoms with Gasteiger partial charge in [0.15, 0.2) is 0 Å². The summed E-state index contributed by atoms with van der Waals surface area (Å²) in [6, 6.07) is 9.88. The molecule has 2 heterocycles. The first kappa shape index (κ1) is 13.3. The molecular weight excluding hydrogens is 264 g/mol. The predicted octanol–water partition coefficient (Wildman–Crippen LogP) is 3.46. The Balaban J connectivity index is 1.95. The molecule has 0 radical (unpaired) electrons. The van der Waals surface area contributed by atoms with E-state index in [9.17, 15) is 0 Å². The van der Waals surface area contributed by atoms with Crippen molar-refractivity contribution in [3.05, 3.63) is 47.7 Å². The third kappa shape index (κ3) is 2.63. The van der Waals surface area contributed by atoms with E-state index in [-0.39, 0.29) is 0 Å². The van der Waals surface area contributed by atoms with Crippen LogP contribution in [-0.2, 0) is 0 Å². The fraction of sp³-hybridized carbons (Fsp3) is 0.188. The van der Waals surface area contributed by atoms with Crippen LogP contribution in [0.4, 0.5) is 5.69 Å². The highest BCUT2D eigenvalue weighted by atomic mass is 16.5. The van der Waals surface area contributed by atoms with Gasteiger partial charge in [0.25, 0.3) is 5.89 Å². The van der Waals surface area contributed by atoms with Crippen molar-refractivity contribution >= 4 is 5.69 Å². The second kappa shape index (κ2) is 5.36. The summed E-state index contributed by atoms with van der Waals surface area (Å²) >= 11 is 0. The van der Waals surface area contributed by atoms with Crippen LogP contribution in [0.5, 0.6) is 0 Å². The van der Waals surface area contributed by atoms with Crippen LogP contribution in [0.15, 0.2) is 41.1 Å². The molecule has 0 spiro atoms. The Bertz CT molecular complexity index is 762. The smallest absolute Gasteiger partial charge is 0.258 e. The van der Waals surface area contributed by atoms with E-state index >= 15 is 0 Å².